The summed E-state index contributed by atoms with van der Waals surface area (Å²) in [6.45, 7) is 3.14. The number of likely N-dealkylation sites (tertiary alicyclic amines) is 1. The minimum Gasteiger partial charge on any atom is -0.465 e. The van der Waals surface area contributed by atoms with Crippen molar-refractivity contribution in [2.45, 2.75) is 19.4 Å². The predicted octanol–water partition coefficient (Wildman–Crippen LogP) is 0.334. The molecule has 1 heterocycles. The molecule has 0 unspecified atom stereocenters. The van der Waals surface area contributed by atoms with Crippen molar-refractivity contribution in [1.82, 2.24) is 4.90 Å². The van der Waals surface area contributed by atoms with Gasteiger partial charge in [0.2, 0.25) is 0 Å². The summed E-state index contributed by atoms with van der Waals surface area (Å²) in [6.07, 6.45) is 0.0812. The lowest BCUT2D eigenvalue weighted by Gasteiger charge is -2.20. The van der Waals surface area contributed by atoms with Crippen LogP contribution in [0.5, 0.6) is 0 Å². The Hall–Kier alpha value is -0.770. The molecular formula is C7H14N2O2. The SMILES string of the molecule is C[C@@H]1[C@@H](CN)CCN1C(=O)O. The smallest absolute Gasteiger partial charge is 0.407 e. The molecule has 0 aromatic heterocycles. The van der Waals surface area contributed by atoms with E-state index >= 15 is 0 Å². The van der Waals surface area contributed by atoms with Gasteiger partial charge in [-0.25, -0.2) is 4.79 Å². The Labute approximate surface area is 66.0 Å². The molecule has 1 fully saturated rings. The van der Waals surface area contributed by atoms with Crippen LogP contribution in [0.3, 0.4) is 0 Å². The zero-order valence-electron chi connectivity index (χ0n) is 6.66. The van der Waals surface area contributed by atoms with Gasteiger partial charge < -0.3 is 15.7 Å². The molecule has 0 radical (unpaired) electrons. The lowest BCUT2D eigenvalue weighted by atomic mass is 10.0. The molecule has 0 aromatic rings. The van der Waals surface area contributed by atoms with Crippen LogP contribution in [0.1, 0.15) is 13.3 Å². The Morgan fingerprint density at radius 1 is 1.82 bits per heavy atom. The van der Waals surface area contributed by atoms with E-state index in [1.807, 2.05) is 6.92 Å². The number of amides is 1. The quantitative estimate of drug-likeness (QED) is 0.578. The molecule has 0 spiro atoms. The van der Waals surface area contributed by atoms with E-state index in [9.17, 15) is 4.79 Å². The van der Waals surface area contributed by atoms with Gasteiger partial charge in [0.05, 0.1) is 0 Å². The number of carboxylic acid groups (broad SMARTS) is 1. The highest BCUT2D eigenvalue weighted by molar-refractivity contribution is 5.65. The number of rotatable bonds is 1. The summed E-state index contributed by atoms with van der Waals surface area (Å²) in [5, 5.41) is 8.68. The van der Waals surface area contributed by atoms with Crippen molar-refractivity contribution >= 4 is 6.09 Å². The Kier molecular flexibility index (Phi) is 2.34. The van der Waals surface area contributed by atoms with Crippen LogP contribution in [-0.4, -0.2) is 35.2 Å². The number of nitrogens with two attached hydrogens (primary N) is 1. The first-order valence-electron chi connectivity index (χ1n) is 3.86. The first-order chi connectivity index (χ1) is 5.16. The van der Waals surface area contributed by atoms with E-state index in [0.717, 1.165) is 6.42 Å². The van der Waals surface area contributed by atoms with Gasteiger partial charge in [0.1, 0.15) is 0 Å². The predicted molar refractivity (Wildman–Crippen MR) is 41.4 cm³/mol. The van der Waals surface area contributed by atoms with E-state index in [4.69, 9.17) is 10.8 Å². The molecule has 0 aromatic carbocycles. The van der Waals surface area contributed by atoms with Gasteiger partial charge in [0.25, 0.3) is 0 Å². The average molecular weight is 158 g/mol. The van der Waals surface area contributed by atoms with Crippen LogP contribution in [0, 0.1) is 5.92 Å². The fourth-order valence-corrected chi connectivity index (χ4v) is 1.59. The van der Waals surface area contributed by atoms with E-state index in [1.54, 1.807) is 0 Å². The highest BCUT2D eigenvalue weighted by atomic mass is 16.4. The van der Waals surface area contributed by atoms with Crippen molar-refractivity contribution in [3.8, 4) is 0 Å². The van der Waals surface area contributed by atoms with E-state index in [0.29, 0.717) is 19.0 Å². The van der Waals surface area contributed by atoms with Crippen molar-refractivity contribution in [2.75, 3.05) is 13.1 Å². The first-order valence-corrected chi connectivity index (χ1v) is 3.86. The average Bonchev–Trinajstić information content (AvgIpc) is 2.30. The van der Waals surface area contributed by atoms with Gasteiger partial charge in [-0.15, -0.1) is 0 Å². The number of nitrogens with zero attached hydrogens (tertiary/aromatic N) is 1. The summed E-state index contributed by atoms with van der Waals surface area (Å²) in [7, 11) is 0. The van der Waals surface area contributed by atoms with Crippen LogP contribution in [-0.2, 0) is 0 Å². The molecule has 1 aliphatic rings. The summed E-state index contributed by atoms with van der Waals surface area (Å²) in [6, 6.07) is 0.0949. The number of hydrogen-bond acceptors (Lipinski definition) is 2. The Morgan fingerprint density at radius 2 is 2.45 bits per heavy atom. The van der Waals surface area contributed by atoms with E-state index < -0.39 is 6.09 Å². The fraction of sp³-hybridized carbons (Fsp3) is 0.857. The molecule has 2 atom stereocenters. The summed E-state index contributed by atoms with van der Waals surface area (Å²) in [4.78, 5) is 12.0. The molecule has 3 N–H and O–H groups in total. The molecule has 1 amide bonds. The highest BCUT2D eigenvalue weighted by Gasteiger charge is 2.32. The third-order valence-electron chi connectivity index (χ3n) is 2.46. The third kappa shape index (κ3) is 1.45. The first kappa shape index (κ1) is 8.33. The maximum atomic E-state index is 10.6. The van der Waals surface area contributed by atoms with Crippen molar-refractivity contribution in [1.29, 1.82) is 0 Å². The molecule has 1 rings (SSSR count). The summed E-state index contributed by atoms with van der Waals surface area (Å²) in [5.74, 6) is 0.353. The molecule has 1 saturated heterocycles. The number of carbonyl (C=O) groups is 1. The molecule has 4 heteroatoms. The maximum Gasteiger partial charge on any atom is 0.407 e. The van der Waals surface area contributed by atoms with Crippen molar-refractivity contribution in [2.24, 2.45) is 11.7 Å². The molecular weight excluding hydrogens is 144 g/mol. The zero-order valence-corrected chi connectivity index (χ0v) is 6.66. The molecule has 1 aliphatic heterocycles. The Balaban J connectivity index is 2.55. The third-order valence-corrected chi connectivity index (χ3v) is 2.46. The van der Waals surface area contributed by atoms with E-state index in [2.05, 4.69) is 0 Å². The number of hydrogen-bond donors (Lipinski definition) is 2. The van der Waals surface area contributed by atoms with E-state index in [-0.39, 0.29) is 6.04 Å². The highest BCUT2D eigenvalue weighted by Crippen LogP contribution is 2.22. The minimum absolute atomic E-state index is 0.0949. The van der Waals surface area contributed by atoms with Crippen molar-refractivity contribution in [3.63, 3.8) is 0 Å². The van der Waals surface area contributed by atoms with Crippen LogP contribution in [0.4, 0.5) is 4.79 Å². The second-order valence-corrected chi connectivity index (χ2v) is 3.00. The Morgan fingerprint density at radius 3 is 2.73 bits per heavy atom. The molecule has 0 saturated carbocycles. The largest absolute Gasteiger partial charge is 0.465 e. The normalized spacial score (nSPS) is 30.9. The van der Waals surface area contributed by atoms with Crippen molar-refractivity contribution < 1.29 is 9.90 Å². The lowest BCUT2D eigenvalue weighted by molar-refractivity contribution is 0.139. The second kappa shape index (κ2) is 3.09. The van der Waals surface area contributed by atoms with Gasteiger partial charge in [0.15, 0.2) is 0 Å². The minimum atomic E-state index is -0.826. The van der Waals surface area contributed by atoms with Gasteiger partial charge in [0, 0.05) is 12.6 Å². The van der Waals surface area contributed by atoms with Gasteiger partial charge in [-0.1, -0.05) is 0 Å². The van der Waals surface area contributed by atoms with Gasteiger partial charge in [-0.3, -0.25) is 0 Å². The summed E-state index contributed by atoms with van der Waals surface area (Å²) < 4.78 is 0. The van der Waals surface area contributed by atoms with Gasteiger partial charge in [-0.2, -0.15) is 0 Å². The van der Waals surface area contributed by atoms with Crippen LogP contribution in [0.25, 0.3) is 0 Å². The molecule has 64 valence electrons. The summed E-state index contributed by atoms with van der Waals surface area (Å²) in [5.41, 5.74) is 5.47. The molecule has 0 aliphatic carbocycles. The standard InChI is InChI=1S/C7H14N2O2/c1-5-6(4-8)2-3-9(5)7(10)11/h5-6H,2-4,8H2,1H3,(H,10,11)/t5-,6-/m1/s1. The fourth-order valence-electron chi connectivity index (χ4n) is 1.59. The molecule has 11 heavy (non-hydrogen) atoms. The second-order valence-electron chi connectivity index (χ2n) is 3.00. The van der Waals surface area contributed by atoms with Gasteiger partial charge in [-0.05, 0) is 25.8 Å². The van der Waals surface area contributed by atoms with Crippen LogP contribution in [0.15, 0.2) is 0 Å². The topological polar surface area (TPSA) is 66.6 Å². The monoisotopic (exact) mass is 158 g/mol. The summed E-state index contributed by atoms with van der Waals surface area (Å²) >= 11 is 0. The Bertz CT molecular complexity index is 161. The molecule has 0 bridgehead atoms. The van der Waals surface area contributed by atoms with Crippen LogP contribution in [0.2, 0.25) is 0 Å². The van der Waals surface area contributed by atoms with Gasteiger partial charge >= 0.3 is 6.09 Å². The lowest BCUT2D eigenvalue weighted by Crippen LogP contribution is -2.36. The zero-order chi connectivity index (χ0) is 8.43. The maximum absolute atomic E-state index is 10.6. The van der Waals surface area contributed by atoms with Crippen molar-refractivity contribution in [3.05, 3.63) is 0 Å². The molecule has 4 nitrogen and oxygen atoms in total. The van der Waals surface area contributed by atoms with Crippen LogP contribution < -0.4 is 5.73 Å². The van der Waals surface area contributed by atoms with Crippen LogP contribution >= 0.6 is 0 Å². The van der Waals surface area contributed by atoms with E-state index in [1.165, 1.54) is 4.90 Å².